The summed E-state index contributed by atoms with van der Waals surface area (Å²) in [7, 11) is 0. The van der Waals surface area contributed by atoms with Crippen LogP contribution in [0.15, 0.2) is 50.0 Å². The van der Waals surface area contributed by atoms with E-state index in [1.165, 1.54) is 11.1 Å². The number of hydrogen-bond donors (Lipinski definition) is 0. The van der Waals surface area contributed by atoms with E-state index in [9.17, 15) is 4.79 Å². The van der Waals surface area contributed by atoms with Gasteiger partial charge in [0.15, 0.2) is 0 Å². The number of anilines is 2. The molecule has 0 N–H and O–H groups in total. The molecule has 6 nitrogen and oxygen atoms in total. The van der Waals surface area contributed by atoms with Crippen LogP contribution in [0.25, 0.3) is 5.70 Å². The highest BCUT2D eigenvalue weighted by Crippen LogP contribution is 2.24. The smallest absolute Gasteiger partial charge is 0.142 e. The van der Waals surface area contributed by atoms with Crippen molar-refractivity contribution in [2.24, 2.45) is 0 Å². The van der Waals surface area contributed by atoms with Crippen LogP contribution in [-0.4, -0.2) is 53.4 Å². The summed E-state index contributed by atoms with van der Waals surface area (Å²) >= 11 is 0. The Balaban J connectivity index is 1.64. The minimum atomic E-state index is -0.305. The maximum Gasteiger partial charge on any atom is 0.142 e. The second-order valence-corrected chi connectivity index (χ2v) is 7.45. The zero-order valence-electron chi connectivity index (χ0n) is 17.5. The van der Waals surface area contributed by atoms with E-state index in [1.54, 1.807) is 11.1 Å². The lowest BCUT2D eigenvalue weighted by Crippen LogP contribution is -2.45. The second-order valence-electron chi connectivity index (χ2n) is 7.45. The number of aromatic nitrogens is 2. The molecule has 1 aliphatic heterocycles. The van der Waals surface area contributed by atoms with Gasteiger partial charge in [0, 0.05) is 49.8 Å². The van der Waals surface area contributed by atoms with Gasteiger partial charge in [0.05, 0.1) is 6.04 Å². The van der Waals surface area contributed by atoms with Crippen molar-refractivity contribution < 1.29 is 4.79 Å². The topological polar surface area (TPSA) is 52.6 Å². The fourth-order valence-electron chi connectivity index (χ4n) is 3.65. The van der Waals surface area contributed by atoms with Crippen LogP contribution in [0.3, 0.4) is 0 Å². The van der Waals surface area contributed by atoms with Crippen LogP contribution in [-0.2, 0) is 4.79 Å². The molecule has 3 heterocycles. The van der Waals surface area contributed by atoms with E-state index in [0.29, 0.717) is 5.82 Å². The van der Waals surface area contributed by atoms with Crippen molar-refractivity contribution in [2.45, 2.75) is 26.8 Å². The van der Waals surface area contributed by atoms with Crippen molar-refractivity contribution in [3.8, 4) is 0 Å². The van der Waals surface area contributed by atoms with Gasteiger partial charge < -0.3 is 19.5 Å². The van der Waals surface area contributed by atoms with Gasteiger partial charge in [-0.2, -0.15) is 0 Å². The molecule has 0 bridgehead atoms. The van der Waals surface area contributed by atoms with Crippen molar-refractivity contribution in [1.29, 1.82) is 0 Å². The molecule has 29 heavy (non-hydrogen) atoms. The number of pyridine rings is 2. The lowest BCUT2D eigenvalue weighted by molar-refractivity contribution is -0.108. The zero-order valence-corrected chi connectivity index (χ0v) is 17.5. The van der Waals surface area contributed by atoms with Gasteiger partial charge in [0.2, 0.25) is 0 Å². The second kappa shape index (κ2) is 8.90. The SMILES string of the molecule is C=CN(c1ccc(C(=C)N2CCN(c3ncc(C)cc3C)CC2)cn1)C(C)C=O. The predicted octanol–water partition coefficient (Wildman–Crippen LogP) is 3.42. The first-order valence-corrected chi connectivity index (χ1v) is 9.89. The van der Waals surface area contributed by atoms with Crippen LogP contribution < -0.4 is 9.80 Å². The maximum absolute atomic E-state index is 11.1. The fourth-order valence-corrected chi connectivity index (χ4v) is 3.65. The molecule has 1 fully saturated rings. The average molecular weight is 392 g/mol. The quantitative estimate of drug-likeness (QED) is 0.674. The minimum Gasteiger partial charge on any atom is -0.368 e. The van der Waals surface area contributed by atoms with Gasteiger partial charge in [0.1, 0.15) is 17.9 Å². The van der Waals surface area contributed by atoms with Gasteiger partial charge >= 0.3 is 0 Å². The molecule has 0 aliphatic carbocycles. The lowest BCUT2D eigenvalue weighted by atomic mass is 10.1. The van der Waals surface area contributed by atoms with Crippen molar-refractivity contribution in [2.75, 3.05) is 36.0 Å². The number of rotatable bonds is 7. The Kier molecular flexibility index (Phi) is 6.32. The normalized spacial score (nSPS) is 15.0. The van der Waals surface area contributed by atoms with Gasteiger partial charge in [-0.25, -0.2) is 9.97 Å². The summed E-state index contributed by atoms with van der Waals surface area (Å²) in [6.45, 7) is 17.6. The van der Waals surface area contributed by atoms with E-state index in [-0.39, 0.29) is 6.04 Å². The molecule has 3 rings (SSSR count). The molecular weight excluding hydrogens is 362 g/mol. The van der Waals surface area contributed by atoms with Crippen LogP contribution in [0.4, 0.5) is 11.6 Å². The Morgan fingerprint density at radius 3 is 2.45 bits per heavy atom. The first-order chi connectivity index (χ1) is 13.9. The Morgan fingerprint density at radius 2 is 1.90 bits per heavy atom. The first kappa shape index (κ1) is 20.6. The Hall–Kier alpha value is -3.15. The third kappa shape index (κ3) is 4.47. The van der Waals surface area contributed by atoms with E-state index in [1.807, 2.05) is 31.5 Å². The zero-order chi connectivity index (χ0) is 21.0. The molecule has 2 aromatic rings. The molecule has 0 saturated carbocycles. The van der Waals surface area contributed by atoms with E-state index in [4.69, 9.17) is 0 Å². The number of aldehydes is 1. The standard InChI is InChI=1S/C23H29N5O/c1-6-28(19(4)16-29)22-8-7-21(15-24-22)20(5)26-9-11-27(12-10-26)23-18(3)13-17(2)14-25-23/h6-8,13-16,19H,1,5,9-12H2,2-4H3. The average Bonchev–Trinajstić information content (AvgIpc) is 2.74. The van der Waals surface area contributed by atoms with E-state index in [0.717, 1.165) is 49.5 Å². The number of hydrogen-bond acceptors (Lipinski definition) is 6. The summed E-state index contributed by atoms with van der Waals surface area (Å²) in [5.74, 6) is 1.77. The Bertz CT molecular complexity index is 885. The summed E-state index contributed by atoms with van der Waals surface area (Å²) < 4.78 is 0. The van der Waals surface area contributed by atoms with Crippen molar-refractivity contribution >= 4 is 23.6 Å². The molecule has 152 valence electrons. The minimum absolute atomic E-state index is 0.305. The summed E-state index contributed by atoms with van der Waals surface area (Å²) in [5.41, 5.74) is 4.35. The van der Waals surface area contributed by atoms with Crippen LogP contribution >= 0.6 is 0 Å². The number of aryl methyl sites for hydroxylation is 2. The highest BCUT2D eigenvalue weighted by Gasteiger charge is 2.21. The highest BCUT2D eigenvalue weighted by molar-refractivity contribution is 5.67. The molecule has 1 saturated heterocycles. The molecule has 6 heteroatoms. The number of carbonyl (C=O) groups excluding carboxylic acids is 1. The third-order valence-corrected chi connectivity index (χ3v) is 5.33. The number of carbonyl (C=O) groups is 1. The highest BCUT2D eigenvalue weighted by atomic mass is 16.1. The monoisotopic (exact) mass is 391 g/mol. The van der Waals surface area contributed by atoms with Gasteiger partial charge in [-0.3, -0.25) is 0 Å². The maximum atomic E-state index is 11.1. The summed E-state index contributed by atoms with van der Waals surface area (Å²) in [4.78, 5) is 26.6. The summed E-state index contributed by atoms with van der Waals surface area (Å²) in [6, 6.07) is 5.77. The van der Waals surface area contributed by atoms with Crippen LogP contribution in [0.1, 0.15) is 23.6 Å². The summed E-state index contributed by atoms with van der Waals surface area (Å²) in [6.07, 6.45) is 6.24. The first-order valence-electron chi connectivity index (χ1n) is 9.89. The van der Waals surface area contributed by atoms with E-state index >= 15 is 0 Å². The van der Waals surface area contributed by atoms with Gasteiger partial charge in [-0.1, -0.05) is 19.2 Å². The molecule has 0 aromatic carbocycles. The van der Waals surface area contributed by atoms with E-state index in [2.05, 4.69) is 52.8 Å². The molecule has 1 atom stereocenters. The molecule has 1 unspecified atom stereocenters. The Labute approximate surface area is 173 Å². The number of piperazine rings is 1. The fraction of sp³-hybridized carbons (Fsp3) is 0.348. The van der Waals surface area contributed by atoms with Gasteiger partial charge in [-0.05, 0) is 50.2 Å². The third-order valence-electron chi connectivity index (χ3n) is 5.33. The molecule has 0 amide bonds. The van der Waals surface area contributed by atoms with Crippen LogP contribution in [0.5, 0.6) is 0 Å². The van der Waals surface area contributed by atoms with Crippen LogP contribution in [0.2, 0.25) is 0 Å². The predicted molar refractivity (Wildman–Crippen MR) is 119 cm³/mol. The number of nitrogens with zero attached hydrogens (tertiary/aromatic N) is 5. The van der Waals surface area contributed by atoms with Gasteiger partial charge in [-0.15, -0.1) is 0 Å². The van der Waals surface area contributed by atoms with E-state index < -0.39 is 0 Å². The van der Waals surface area contributed by atoms with Crippen molar-refractivity contribution in [3.63, 3.8) is 0 Å². The van der Waals surface area contributed by atoms with Crippen molar-refractivity contribution in [3.05, 3.63) is 66.6 Å². The molecular formula is C23H29N5O. The Morgan fingerprint density at radius 1 is 1.17 bits per heavy atom. The van der Waals surface area contributed by atoms with Crippen molar-refractivity contribution in [1.82, 2.24) is 14.9 Å². The largest absolute Gasteiger partial charge is 0.368 e. The lowest BCUT2D eigenvalue weighted by Gasteiger charge is -2.38. The molecule has 0 radical (unpaired) electrons. The molecule has 1 aliphatic rings. The summed E-state index contributed by atoms with van der Waals surface area (Å²) in [5, 5.41) is 0. The van der Waals surface area contributed by atoms with Gasteiger partial charge in [0.25, 0.3) is 0 Å². The molecule has 0 spiro atoms. The molecule has 2 aromatic heterocycles. The van der Waals surface area contributed by atoms with Crippen LogP contribution in [0, 0.1) is 13.8 Å².